The number of aliphatic hydroxyl groups excluding tert-OH is 1. The molecule has 0 aliphatic rings. The second kappa shape index (κ2) is 67.5. The molecule has 0 aromatic heterocycles. The molecular formula is C77H150O17P2. The van der Waals surface area contributed by atoms with Crippen molar-refractivity contribution in [2.45, 2.75) is 414 Å². The van der Waals surface area contributed by atoms with E-state index in [9.17, 15) is 43.2 Å². The van der Waals surface area contributed by atoms with Crippen LogP contribution in [0.3, 0.4) is 0 Å². The monoisotopic (exact) mass is 1410 g/mol. The highest BCUT2D eigenvalue weighted by atomic mass is 31.2. The van der Waals surface area contributed by atoms with E-state index in [0.717, 1.165) is 114 Å². The molecule has 0 spiro atoms. The van der Waals surface area contributed by atoms with E-state index in [-0.39, 0.29) is 25.7 Å². The number of unbranched alkanes of at least 4 members (excludes halogenated alkanes) is 41. The molecule has 96 heavy (non-hydrogen) atoms. The van der Waals surface area contributed by atoms with Gasteiger partial charge in [0, 0.05) is 25.7 Å². The van der Waals surface area contributed by atoms with Gasteiger partial charge in [0.2, 0.25) is 0 Å². The lowest BCUT2D eigenvalue weighted by Gasteiger charge is -2.21. The smallest absolute Gasteiger partial charge is 0.462 e. The van der Waals surface area contributed by atoms with Gasteiger partial charge in [-0.2, -0.15) is 0 Å². The zero-order valence-corrected chi connectivity index (χ0v) is 64.6. The van der Waals surface area contributed by atoms with Gasteiger partial charge >= 0.3 is 39.5 Å². The van der Waals surface area contributed by atoms with Crippen LogP contribution in [0.4, 0.5) is 0 Å². The zero-order chi connectivity index (χ0) is 70.9. The van der Waals surface area contributed by atoms with Gasteiger partial charge in [-0.05, 0) is 43.4 Å². The van der Waals surface area contributed by atoms with Gasteiger partial charge in [-0.3, -0.25) is 37.3 Å². The summed E-state index contributed by atoms with van der Waals surface area (Å²) in [5.74, 6) is 0.328. The number of esters is 4. The highest BCUT2D eigenvalue weighted by Gasteiger charge is 2.30. The molecule has 0 aliphatic carbocycles. The first-order chi connectivity index (χ1) is 46.3. The maximum absolute atomic E-state index is 13.1. The fourth-order valence-electron chi connectivity index (χ4n) is 11.7. The van der Waals surface area contributed by atoms with E-state index in [1.165, 1.54) is 199 Å². The predicted molar refractivity (Wildman–Crippen MR) is 391 cm³/mol. The average Bonchev–Trinajstić information content (AvgIpc) is 1.65. The number of rotatable bonds is 75. The lowest BCUT2D eigenvalue weighted by Crippen LogP contribution is -2.30. The van der Waals surface area contributed by atoms with Crippen molar-refractivity contribution >= 4 is 39.5 Å². The number of ether oxygens (including phenoxy) is 4. The van der Waals surface area contributed by atoms with Crippen LogP contribution < -0.4 is 0 Å². The molecular weight excluding hydrogens is 1260 g/mol. The SMILES string of the molecule is CCCCCCCC(=O)OC[C@H](COP(=O)(O)OC[C@H](O)COP(=O)(O)OC[C@@H](COC(=O)CCCCCCCCCCCCCCC(C)C)OC(=O)CCCCCCCCCCCCCCCCCCCCC(C)CC)OC(=O)CCCCCCCCCCCCC(C)CC. The lowest BCUT2D eigenvalue weighted by atomic mass is 9.99. The second-order valence-electron chi connectivity index (χ2n) is 28.7. The normalized spacial score (nSPS) is 14.6. The van der Waals surface area contributed by atoms with Crippen molar-refractivity contribution in [1.82, 2.24) is 0 Å². The molecule has 0 saturated carbocycles. The summed E-state index contributed by atoms with van der Waals surface area (Å²) >= 11 is 0. The van der Waals surface area contributed by atoms with Crippen LogP contribution in [0.25, 0.3) is 0 Å². The standard InChI is InChI=1S/C77H150O17P2/c1-8-11-12-41-51-58-74(79)87-64-72(93-76(81)61-54-47-40-34-28-27-31-37-44-50-57-70(7)10-3)66-91-95(83,84)89-62-71(78)63-90-96(85,86)92-67-73(65-88-75(80)59-52-45-38-32-25-22-21-23-29-35-42-48-55-68(4)5)94-77(82)60-53-46-39-33-26-20-18-16-14-13-15-17-19-24-30-36-43-49-56-69(6)9-2/h68-73,78H,8-67H2,1-7H3,(H,83,84)(H,85,86)/t69?,70?,71-,72+,73+/m0/s1. The molecule has 4 unspecified atom stereocenters. The molecule has 0 aliphatic heterocycles. The van der Waals surface area contributed by atoms with Crippen molar-refractivity contribution in [2.24, 2.45) is 17.8 Å². The summed E-state index contributed by atoms with van der Waals surface area (Å²) in [6.45, 7) is 11.9. The third kappa shape index (κ3) is 67.9. The largest absolute Gasteiger partial charge is 0.472 e. The maximum Gasteiger partial charge on any atom is 0.472 e. The van der Waals surface area contributed by atoms with Crippen LogP contribution in [0, 0.1) is 17.8 Å². The van der Waals surface area contributed by atoms with E-state index < -0.39 is 97.5 Å². The Morgan fingerprint density at radius 2 is 0.531 bits per heavy atom. The third-order valence-corrected chi connectivity index (χ3v) is 20.5. The minimum absolute atomic E-state index is 0.105. The van der Waals surface area contributed by atoms with Crippen LogP contribution in [-0.2, 0) is 65.4 Å². The van der Waals surface area contributed by atoms with Gasteiger partial charge in [0.1, 0.15) is 19.3 Å². The molecule has 0 aromatic rings. The Morgan fingerprint density at radius 3 is 0.792 bits per heavy atom. The van der Waals surface area contributed by atoms with Gasteiger partial charge in [-0.25, -0.2) is 9.13 Å². The van der Waals surface area contributed by atoms with Crippen LogP contribution in [0.15, 0.2) is 0 Å². The van der Waals surface area contributed by atoms with Crippen LogP contribution in [-0.4, -0.2) is 96.7 Å². The molecule has 0 aromatic carbocycles. The molecule has 19 heteroatoms. The Hall–Kier alpha value is -1.94. The summed E-state index contributed by atoms with van der Waals surface area (Å²) < 4.78 is 68.3. The lowest BCUT2D eigenvalue weighted by molar-refractivity contribution is -0.161. The molecule has 0 rings (SSSR count). The number of phosphoric acid groups is 2. The molecule has 0 saturated heterocycles. The number of hydrogen-bond acceptors (Lipinski definition) is 15. The molecule has 17 nitrogen and oxygen atoms in total. The molecule has 570 valence electrons. The summed E-state index contributed by atoms with van der Waals surface area (Å²) in [6.07, 6.45) is 54.5. The zero-order valence-electron chi connectivity index (χ0n) is 62.8. The van der Waals surface area contributed by atoms with E-state index >= 15 is 0 Å². The first-order valence-corrected chi connectivity index (χ1v) is 42.9. The molecule has 0 heterocycles. The highest BCUT2D eigenvalue weighted by molar-refractivity contribution is 7.47. The summed E-state index contributed by atoms with van der Waals surface area (Å²) in [6, 6.07) is 0. The van der Waals surface area contributed by atoms with Gasteiger partial charge in [-0.1, -0.05) is 344 Å². The summed E-state index contributed by atoms with van der Waals surface area (Å²) in [7, 11) is -9.90. The number of carbonyl (C=O) groups excluding carboxylic acids is 4. The quantitative estimate of drug-likeness (QED) is 0.0222. The van der Waals surface area contributed by atoms with Crippen LogP contribution in [0.1, 0.15) is 395 Å². The third-order valence-electron chi connectivity index (χ3n) is 18.6. The predicted octanol–water partition coefficient (Wildman–Crippen LogP) is 22.6. The summed E-state index contributed by atoms with van der Waals surface area (Å²) in [4.78, 5) is 72.6. The minimum Gasteiger partial charge on any atom is -0.462 e. The fourth-order valence-corrected chi connectivity index (χ4v) is 13.3. The Balaban J connectivity index is 5.12. The second-order valence-corrected chi connectivity index (χ2v) is 31.6. The molecule has 0 fully saturated rings. The maximum atomic E-state index is 13.1. The highest BCUT2D eigenvalue weighted by Crippen LogP contribution is 2.45. The first-order valence-electron chi connectivity index (χ1n) is 39.9. The van der Waals surface area contributed by atoms with Crippen LogP contribution in [0.2, 0.25) is 0 Å². The number of phosphoric ester groups is 2. The fraction of sp³-hybridized carbons (Fsp3) is 0.948. The van der Waals surface area contributed by atoms with E-state index in [1.54, 1.807) is 0 Å². The van der Waals surface area contributed by atoms with Crippen molar-refractivity contribution in [2.75, 3.05) is 39.6 Å². The molecule has 0 bridgehead atoms. The molecule has 0 radical (unpaired) electrons. The van der Waals surface area contributed by atoms with Gasteiger partial charge in [-0.15, -0.1) is 0 Å². The van der Waals surface area contributed by atoms with Crippen molar-refractivity contribution < 1.29 is 80.2 Å². The molecule has 0 amide bonds. The van der Waals surface area contributed by atoms with Crippen LogP contribution in [0.5, 0.6) is 0 Å². The van der Waals surface area contributed by atoms with E-state index in [4.69, 9.17) is 37.0 Å². The number of carbonyl (C=O) groups is 4. The first kappa shape index (κ1) is 94.1. The topological polar surface area (TPSA) is 237 Å². The molecule has 3 N–H and O–H groups in total. The number of hydrogen-bond donors (Lipinski definition) is 3. The minimum atomic E-state index is -4.96. The van der Waals surface area contributed by atoms with E-state index in [2.05, 4.69) is 48.5 Å². The Kier molecular flexibility index (Phi) is 66.2. The Morgan fingerprint density at radius 1 is 0.302 bits per heavy atom. The van der Waals surface area contributed by atoms with E-state index in [1.807, 2.05) is 0 Å². The number of aliphatic hydroxyl groups is 1. The Labute approximate surface area is 588 Å². The molecule has 7 atom stereocenters. The Bertz CT molecular complexity index is 1870. The van der Waals surface area contributed by atoms with Gasteiger partial charge in [0.15, 0.2) is 12.2 Å². The van der Waals surface area contributed by atoms with Crippen LogP contribution >= 0.6 is 15.6 Å². The van der Waals surface area contributed by atoms with Crippen molar-refractivity contribution in [3.63, 3.8) is 0 Å². The van der Waals surface area contributed by atoms with Crippen molar-refractivity contribution in [1.29, 1.82) is 0 Å². The van der Waals surface area contributed by atoms with Gasteiger partial charge < -0.3 is 33.8 Å². The summed E-state index contributed by atoms with van der Waals surface area (Å²) in [5, 5.41) is 10.6. The summed E-state index contributed by atoms with van der Waals surface area (Å²) in [5.41, 5.74) is 0. The average molecular weight is 1410 g/mol. The van der Waals surface area contributed by atoms with Crippen molar-refractivity contribution in [3.05, 3.63) is 0 Å². The van der Waals surface area contributed by atoms with Crippen molar-refractivity contribution in [3.8, 4) is 0 Å². The van der Waals surface area contributed by atoms with Gasteiger partial charge in [0.25, 0.3) is 0 Å². The van der Waals surface area contributed by atoms with Gasteiger partial charge in [0.05, 0.1) is 26.4 Å². The van der Waals surface area contributed by atoms with E-state index in [0.29, 0.717) is 25.7 Å².